The topological polar surface area (TPSA) is 71.6 Å². The number of aromatic nitrogens is 2. The molecule has 0 unspecified atom stereocenters. The van der Waals surface area contributed by atoms with Crippen molar-refractivity contribution in [3.8, 4) is 0 Å². The number of amides is 1. The molecule has 1 aliphatic heterocycles. The summed E-state index contributed by atoms with van der Waals surface area (Å²) in [4.78, 5) is 35.2. The highest BCUT2D eigenvalue weighted by Crippen LogP contribution is 2.26. The first-order chi connectivity index (χ1) is 15.0. The first-order valence-corrected chi connectivity index (χ1v) is 11.6. The number of carbonyl (C=O) groups excluding carboxylic acids is 1. The van der Waals surface area contributed by atoms with Gasteiger partial charge in [-0.15, -0.1) is 0 Å². The number of rotatable bonds is 6. The maximum atomic E-state index is 13.2. The van der Waals surface area contributed by atoms with Gasteiger partial charge >= 0.3 is 0 Å². The summed E-state index contributed by atoms with van der Waals surface area (Å²) in [6.45, 7) is 8.45. The Kier molecular flexibility index (Phi) is 6.69. The van der Waals surface area contributed by atoms with Gasteiger partial charge in [0, 0.05) is 31.2 Å². The van der Waals surface area contributed by atoms with Crippen molar-refractivity contribution in [3.05, 3.63) is 57.7 Å². The van der Waals surface area contributed by atoms with Crippen molar-refractivity contribution in [3.63, 3.8) is 0 Å². The number of benzene rings is 1. The third-order valence-corrected chi connectivity index (χ3v) is 6.85. The zero-order valence-electron chi connectivity index (χ0n) is 17.6. The molecule has 4 rings (SSSR count). The van der Waals surface area contributed by atoms with E-state index in [1.807, 2.05) is 17.9 Å². The van der Waals surface area contributed by atoms with E-state index in [0.717, 1.165) is 32.7 Å². The summed E-state index contributed by atoms with van der Waals surface area (Å²) in [7, 11) is 0. The molecule has 1 saturated heterocycles. The summed E-state index contributed by atoms with van der Waals surface area (Å²) in [5.74, 6) is 0.708. The highest BCUT2D eigenvalue weighted by molar-refractivity contribution is 8.00. The van der Waals surface area contributed by atoms with Gasteiger partial charge in [0.15, 0.2) is 5.16 Å². The zero-order chi connectivity index (χ0) is 22.0. The van der Waals surface area contributed by atoms with Crippen molar-refractivity contribution in [1.29, 1.82) is 0 Å². The smallest absolute Gasteiger partial charge is 0.262 e. The molecule has 0 N–H and O–H groups in total. The molecule has 3 aromatic rings. The molecule has 0 spiro atoms. The Labute approximate surface area is 190 Å². The molecule has 1 amide bonds. The lowest BCUT2D eigenvalue weighted by atomic mass is 10.2. The fourth-order valence-corrected chi connectivity index (χ4v) is 4.87. The Hall–Kier alpha value is -2.29. The first kappa shape index (κ1) is 21.9. The number of furan rings is 1. The molecule has 2 aromatic heterocycles. The van der Waals surface area contributed by atoms with Crippen molar-refractivity contribution in [2.75, 3.05) is 32.7 Å². The average Bonchev–Trinajstić information content (AvgIpc) is 3.29. The molecular weight excluding hydrogens is 436 g/mol. The molecule has 9 heteroatoms. The molecular formula is C22H25ClN4O3S. The lowest BCUT2D eigenvalue weighted by Crippen LogP contribution is -2.50. The number of thioether (sulfide) groups is 1. The predicted molar refractivity (Wildman–Crippen MR) is 123 cm³/mol. The number of hydrogen-bond acceptors (Lipinski definition) is 6. The summed E-state index contributed by atoms with van der Waals surface area (Å²) in [5.41, 5.74) is 0.337. The van der Waals surface area contributed by atoms with Crippen molar-refractivity contribution in [2.24, 2.45) is 0 Å². The van der Waals surface area contributed by atoms with Gasteiger partial charge in [-0.25, -0.2) is 4.98 Å². The van der Waals surface area contributed by atoms with Gasteiger partial charge in [-0.1, -0.05) is 30.3 Å². The van der Waals surface area contributed by atoms with Crippen molar-refractivity contribution < 1.29 is 9.21 Å². The molecule has 3 heterocycles. The summed E-state index contributed by atoms with van der Waals surface area (Å²) < 4.78 is 7.02. The first-order valence-electron chi connectivity index (χ1n) is 10.4. The van der Waals surface area contributed by atoms with Crippen LogP contribution in [0.1, 0.15) is 19.6 Å². The van der Waals surface area contributed by atoms with Gasteiger partial charge in [0.1, 0.15) is 5.76 Å². The Morgan fingerprint density at radius 3 is 2.71 bits per heavy atom. The molecule has 0 saturated carbocycles. The summed E-state index contributed by atoms with van der Waals surface area (Å²) in [6.07, 6.45) is 1.57. The molecule has 0 bridgehead atoms. The number of piperazine rings is 1. The van der Waals surface area contributed by atoms with Gasteiger partial charge in [0.2, 0.25) is 5.91 Å². The van der Waals surface area contributed by atoms with Crippen LogP contribution in [0.2, 0.25) is 5.02 Å². The number of fused-ring (bicyclic) bond motifs is 1. The van der Waals surface area contributed by atoms with E-state index in [1.54, 1.807) is 35.1 Å². The summed E-state index contributed by atoms with van der Waals surface area (Å²) in [5, 5.41) is 1.09. The van der Waals surface area contributed by atoms with Crippen molar-refractivity contribution >= 4 is 40.2 Å². The number of likely N-dealkylation sites (N-methyl/N-ethyl adjacent to an activating group) is 1. The van der Waals surface area contributed by atoms with Crippen LogP contribution in [0.4, 0.5) is 0 Å². The Balaban J connectivity index is 1.63. The third-order valence-electron chi connectivity index (χ3n) is 5.54. The van der Waals surface area contributed by atoms with Crippen LogP contribution >= 0.6 is 23.4 Å². The van der Waals surface area contributed by atoms with Crippen LogP contribution in [0, 0.1) is 0 Å². The van der Waals surface area contributed by atoms with E-state index in [9.17, 15) is 9.59 Å². The van der Waals surface area contributed by atoms with E-state index in [4.69, 9.17) is 21.0 Å². The molecule has 0 aliphatic carbocycles. The van der Waals surface area contributed by atoms with Crippen molar-refractivity contribution in [2.45, 2.75) is 30.8 Å². The number of nitrogens with zero attached hydrogens (tertiary/aromatic N) is 4. The third kappa shape index (κ3) is 4.81. The SMILES string of the molecule is CCN1CCN(C(=O)[C@H](C)Sc2nc3cc(Cl)ccc3c(=O)n2Cc2ccco2)CC1. The van der Waals surface area contributed by atoms with Gasteiger partial charge in [0.05, 0.1) is 29.0 Å². The van der Waals surface area contributed by atoms with Gasteiger partial charge in [-0.2, -0.15) is 0 Å². The Morgan fingerprint density at radius 2 is 2.03 bits per heavy atom. The normalized spacial score (nSPS) is 16.0. The number of halogens is 1. The quantitative estimate of drug-likeness (QED) is 0.415. The van der Waals surface area contributed by atoms with Crippen LogP contribution < -0.4 is 5.56 Å². The molecule has 164 valence electrons. The number of carbonyl (C=O) groups is 1. The van der Waals surface area contributed by atoms with Crippen LogP contribution in [0.3, 0.4) is 0 Å². The van der Waals surface area contributed by atoms with E-state index in [1.165, 1.54) is 11.8 Å². The van der Waals surface area contributed by atoms with Crippen LogP contribution in [-0.2, 0) is 11.3 Å². The van der Waals surface area contributed by atoms with Gasteiger partial charge in [-0.3, -0.25) is 14.2 Å². The van der Waals surface area contributed by atoms with Crippen LogP contribution in [0.25, 0.3) is 10.9 Å². The molecule has 1 aliphatic rings. The van der Waals surface area contributed by atoms with E-state index >= 15 is 0 Å². The molecule has 1 fully saturated rings. The average molecular weight is 461 g/mol. The van der Waals surface area contributed by atoms with Crippen LogP contribution in [0.15, 0.2) is 51.0 Å². The lowest BCUT2D eigenvalue weighted by Gasteiger charge is -2.35. The molecule has 1 aromatic carbocycles. The molecule has 7 nitrogen and oxygen atoms in total. The highest BCUT2D eigenvalue weighted by Gasteiger charge is 2.27. The fraction of sp³-hybridized carbons (Fsp3) is 0.409. The second-order valence-corrected chi connectivity index (χ2v) is 9.29. The molecule has 0 radical (unpaired) electrons. The molecule has 31 heavy (non-hydrogen) atoms. The van der Waals surface area contributed by atoms with E-state index in [2.05, 4.69) is 11.8 Å². The standard InChI is InChI=1S/C22H25ClN4O3S/c1-3-25-8-10-26(11-9-25)20(28)15(2)31-22-24-19-13-16(23)6-7-18(19)21(29)27(22)14-17-5-4-12-30-17/h4-7,12-13,15H,3,8-11,14H2,1-2H3/t15-/m0/s1. The van der Waals surface area contributed by atoms with Crippen LogP contribution in [-0.4, -0.2) is 63.2 Å². The van der Waals surface area contributed by atoms with Gasteiger partial charge in [0.25, 0.3) is 5.56 Å². The maximum Gasteiger partial charge on any atom is 0.262 e. The summed E-state index contributed by atoms with van der Waals surface area (Å²) >= 11 is 7.42. The second kappa shape index (κ2) is 9.46. The van der Waals surface area contributed by atoms with Gasteiger partial charge in [-0.05, 0) is 43.8 Å². The highest BCUT2D eigenvalue weighted by atomic mass is 35.5. The second-order valence-electron chi connectivity index (χ2n) is 7.55. The van der Waals surface area contributed by atoms with Crippen LogP contribution in [0.5, 0.6) is 0 Å². The maximum absolute atomic E-state index is 13.2. The van der Waals surface area contributed by atoms with E-state index in [0.29, 0.717) is 26.8 Å². The van der Waals surface area contributed by atoms with Crippen molar-refractivity contribution in [1.82, 2.24) is 19.4 Å². The van der Waals surface area contributed by atoms with E-state index < -0.39 is 0 Å². The minimum Gasteiger partial charge on any atom is -0.467 e. The van der Waals surface area contributed by atoms with Gasteiger partial charge < -0.3 is 14.2 Å². The molecule has 1 atom stereocenters. The monoisotopic (exact) mass is 460 g/mol. The Morgan fingerprint density at radius 1 is 1.26 bits per heavy atom. The summed E-state index contributed by atoms with van der Waals surface area (Å²) in [6, 6.07) is 8.63. The lowest BCUT2D eigenvalue weighted by molar-refractivity contribution is -0.132. The van der Waals surface area contributed by atoms with E-state index in [-0.39, 0.29) is 23.3 Å². The predicted octanol–water partition coefficient (Wildman–Crippen LogP) is 3.34. The number of hydrogen-bond donors (Lipinski definition) is 0. The zero-order valence-corrected chi connectivity index (χ0v) is 19.2. The minimum absolute atomic E-state index is 0.0609. The fourth-order valence-electron chi connectivity index (χ4n) is 3.71. The Bertz CT molecular complexity index is 1120. The largest absolute Gasteiger partial charge is 0.467 e. The minimum atomic E-state index is -0.375.